The molecule has 1 aliphatic carbocycles. The molecule has 0 saturated carbocycles. The summed E-state index contributed by atoms with van der Waals surface area (Å²) >= 11 is 0. The van der Waals surface area contributed by atoms with Crippen LogP contribution in [0.1, 0.15) is 30.6 Å². The molecule has 1 heterocycles. The highest BCUT2D eigenvalue weighted by molar-refractivity contribution is 6.01. The number of Topliss-reactive ketones (excluding diaryl/α,β-unsaturated/α-hetero) is 1. The fourth-order valence-electron chi connectivity index (χ4n) is 3.70. The van der Waals surface area contributed by atoms with E-state index in [1.165, 1.54) is 25.2 Å². The Balaban J connectivity index is 2.13. The van der Waals surface area contributed by atoms with E-state index in [0.717, 1.165) is 12.1 Å². The van der Waals surface area contributed by atoms with Crippen LogP contribution in [0.15, 0.2) is 58.6 Å². The summed E-state index contributed by atoms with van der Waals surface area (Å²) in [5.41, 5.74) is -0.0639. The van der Waals surface area contributed by atoms with Gasteiger partial charge in [-0.05, 0) is 49.3 Å². The monoisotopic (exact) mass is 490 g/mol. The van der Waals surface area contributed by atoms with Crippen LogP contribution in [-0.2, 0) is 14.3 Å². The van der Waals surface area contributed by atoms with E-state index in [1.54, 1.807) is 6.92 Å². The number of aliphatic hydroxyl groups is 4. The Morgan fingerprint density at radius 1 is 1.23 bits per heavy atom. The molecule has 0 aromatic heterocycles. The number of hydrogen-bond donors (Lipinski definition) is 7. The normalized spacial score (nSPS) is 23.9. The number of allylic oxidation sites excluding steroid dienone is 1. The summed E-state index contributed by atoms with van der Waals surface area (Å²) in [5.74, 6) is -5.07. The number of phenolic OH excluding ortho intramolecular Hbond substituents is 3. The van der Waals surface area contributed by atoms with Crippen LogP contribution in [0.25, 0.3) is 0 Å². The van der Waals surface area contributed by atoms with Crippen molar-refractivity contribution in [2.45, 2.75) is 44.7 Å². The molecule has 0 fully saturated rings. The summed E-state index contributed by atoms with van der Waals surface area (Å²) in [6, 6.07) is 1.66. The molecule has 4 unspecified atom stereocenters. The molecule has 35 heavy (non-hydrogen) atoms. The Kier molecular flexibility index (Phi) is 7.54. The van der Waals surface area contributed by atoms with Crippen LogP contribution >= 0.6 is 0 Å². The molecule has 1 aromatic carbocycles. The van der Waals surface area contributed by atoms with E-state index in [0.29, 0.717) is 5.57 Å². The second kappa shape index (κ2) is 10.2. The lowest BCUT2D eigenvalue weighted by molar-refractivity contribution is -0.119. The fourth-order valence-corrected chi connectivity index (χ4v) is 3.70. The summed E-state index contributed by atoms with van der Waals surface area (Å²) in [6.45, 7) is 2.66. The summed E-state index contributed by atoms with van der Waals surface area (Å²) in [7, 11) is 0. The molecule has 0 radical (unpaired) electrons. The van der Waals surface area contributed by atoms with Gasteiger partial charge in [-0.1, -0.05) is 6.08 Å². The topological polar surface area (TPSA) is 194 Å². The van der Waals surface area contributed by atoms with Gasteiger partial charge in [0.1, 0.15) is 11.3 Å². The quantitative estimate of drug-likeness (QED) is 0.171. The van der Waals surface area contributed by atoms with Gasteiger partial charge in [0, 0.05) is 6.42 Å². The minimum atomic E-state index is -1.64. The maximum atomic E-state index is 12.9. The Bertz CT molecular complexity index is 1130. The van der Waals surface area contributed by atoms with Crippen molar-refractivity contribution in [3.8, 4) is 17.2 Å². The molecule has 0 bridgehead atoms. The van der Waals surface area contributed by atoms with Crippen molar-refractivity contribution in [2.75, 3.05) is 6.61 Å². The minimum Gasteiger partial charge on any atom is -0.507 e. The molecule has 1 aromatic rings. The second-order valence-corrected chi connectivity index (χ2v) is 8.27. The Morgan fingerprint density at radius 3 is 2.43 bits per heavy atom. The lowest BCUT2D eigenvalue weighted by atomic mass is 9.88. The van der Waals surface area contributed by atoms with Gasteiger partial charge in [-0.2, -0.15) is 0 Å². The predicted molar refractivity (Wildman–Crippen MR) is 119 cm³/mol. The third kappa shape index (κ3) is 5.48. The van der Waals surface area contributed by atoms with Gasteiger partial charge in [-0.25, -0.2) is 4.79 Å². The van der Waals surface area contributed by atoms with Gasteiger partial charge in [0.05, 0.1) is 24.4 Å². The van der Waals surface area contributed by atoms with Gasteiger partial charge in [-0.15, -0.1) is 0 Å². The maximum Gasteiger partial charge on any atom is 0.339 e. The number of carbonyl (C=O) groups excluding carboxylic acids is 2. The van der Waals surface area contributed by atoms with Crippen molar-refractivity contribution in [1.29, 1.82) is 0 Å². The first kappa shape index (κ1) is 25.8. The van der Waals surface area contributed by atoms with E-state index >= 15 is 0 Å². The third-order valence-corrected chi connectivity index (χ3v) is 5.28. The smallest absolute Gasteiger partial charge is 0.339 e. The van der Waals surface area contributed by atoms with Crippen LogP contribution in [0.2, 0.25) is 0 Å². The van der Waals surface area contributed by atoms with Gasteiger partial charge in [0.2, 0.25) is 6.10 Å². The van der Waals surface area contributed by atoms with Gasteiger partial charge < -0.3 is 45.2 Å². The van der Waals surface area contributed by atoms with E-state index in [4.69, 9.17) is 9.47 Å². The highest BCUT2D eigenvalue weighted by atomic mass is 16.6. The first-order valence-corrected chi connectivity index (χ1v) is 10.6. The molecule has 188 valence electrons. The summed E-state index contributed by atoms with van der Waals surface area (Å²) in [5, 5.41) is 69.3. The van der Waals surface area contributed by atoms with Crippen molar-refractivity contribution in [1.82, 2.24) is 0 Å². The van der Waals surface area contributed by atoms with Crippen LogP contribution in [0.4, 0.5) is 0 Å². The molecule has 1 aliphatic heterocycles. The number of benzene rings is 1. The summed E-state index contributed by atoms with van der Waals surface area (Å²) in [6.07, 6.45) is -1.52. The maximum absolute atomic E-state index is 12.9. The lowest BCUT2D eigenvalue weighted by Gasteiger charge is -2.36. The molecule has 0 saturated heterocycles. The Morgan fingerprint density at radius 2 is 1.86 bits per heavy atom. The number of aromatic hydroxyl groups is 3. The standard InChI is InChI=1S/C24H26O11/c1-10(9-25)3-12(4-11(2)26)22-23(21(32)19-15(28)7-14(27)8-18(19)34-22)35-24(33)13-5-16(29)20(31)17(30)6-13/h3-6,8,11,14,22-23,25-27,29-32H,7,9H2,1-2H3/b10-3-,12-4+. The number of aliphatic hydroxyl groups excluding tert-OH is 4. The lowest BCUT2D eigenvalue weighted by Crippen LogP contribution is -2.43. The summed E-state index contributed by atoms with van der Waals surface area (Å²) < 4.78 is 11.3. The molecule has 11 heteroatoms. The second-order valence-electron chi connectivity index (χ2n) is 8.27. The molecule has 3 rings (SSSR count). The van der Waals surface area contributed by atoms with Gasteiger partial charge in [0.15, 0.2) is 34.9 Å². The molecular weight excluding hydrogens is 464 g/mol. The van der Waals surface area contributed by atoms with Crippen molar-refractivity contribution in [2.24, 2.45) is 0 Å². The van der Waals surface area contributed by atoms with Crippen LogP contribution in [0.3, 0.4) is 0 Å². The zero-order valence-corrected chi connectivity index (χ0v) is 18.9. The van der Waals surface area contributed by atoms with Crippen molar-refractivity contribution < 1.29 is 54.8 Å². The summed E-state index contributed by atoms with van der Waals surface area (Å²) in [4.78, 5) is 25.4. The minimum absolute atomic E-state index is 0.144. The SMILES string of the molecule is C/C(=C/C(=C\C(C)O)C1OC2=CC(O)CC(=O)C2=C(O)C1OC(=O)c1cc(O)c(O)c(O)c1)CO. The molecule has 0 amide bonds. The highest BCUT2D eigenvalue weighted by Crippen LogP contribution is 2.39. The zero-order valence-electron chi connectivity index (χ0n) is 18.9. The van der Waals surface area contributed by atoms with Crippen molar-refractivity contribution in [3.63, 3.8) is 0 Å². The fraction of sp³-hybridized carbons (Fsp3) is 0.333. The van der Waals surface area contributed by atoms with Crippen LogP contribution < -0.4 is 0 Å². The number of hydrogen-bond acceptors (Lipinski definition) is 11. The first-order valence-electron chi connectivity index (χ1n) is 10.6. The molecular formula is C24H26O11. The number of esters is 1. The molecule has 0 spiro atoms. The average Bonchev–Trinajstić information content (AvgIpc) is 2.77. The first-order chi connectivity index (χ1) is 16.4. The number of carbonyl (C=O) groups is 2. The van der Waals surface area contributed by atoms with E-state index in [-0.39, 0.29) is 35.5 Å². The van der Waals surface area contributed by atoms with Gasteiger partial charge in [0.25, 0.3) is 0 Å². The average molecular weight is 490 g/mol. The van der Waals surface area contributed by atoms with Crippen molar-refractivity contribution >= 4 is 11.8 Å². The zero-order chi connectivity index (χ0) is 26.0. The predicted octanol–water partition coefficient (Wildman–Crippen LogP) is 1.00. The van der Waals surface area contributed by atoms with E-state index in [9.17, 15) is 45.3 Å². The number of fused-ring (bicyclic) bond motifs is 1. The molecule has 2 aliphatic rings. The number of ether oxygens (including phenoxy) is 2. The number of phenols is 3. The van der Waals surface area contributed by atoms with Crippen LogP contribution in [-0.4, -0.2) is 78.5 Å². The Labute approximate surface area is 199 Å². The van der Waals surface area contributed by atoms with E-state index < -0.39 is 59.2 Å². The largest absolute Gasteiger partial charge is 0.507 e. The van der Waals surface area contributed by atoms with Crippen LogP contribution in [0.5, 0.6) is 17.2 Å². The number of ketones is 1. The molecule has 4 atom stereocenters. The van der Waals surface area contributed by atoms with Gasteiger partial charge in [-0.3, -0.25) is 4.79 Å². The highest BCUT2D eigenvalue weighted by Gasteiger charge is 2.44. The molecule has 7 N–H and O–H groups in total. The Hall–Kier alpha value is -3.80. The van der Waals surface area contributed by atoms with Crippen LogP contribution in [0, 0.1) is 0 Å². The molecule has 11 nitrogen and oxygen atoms in total. The third-order valence-electron chi connectivity index (χ3n) is 5.28. The van der Waals surface area contributed by atoms with Gasteiger partial charge >= 0.3 is 5.97 Å². The van der Waals surface area contributed by atoms with Crippen molar-refractivity contribution in [3.05, 3.63) is 64.2 Å². The van der Waals surface area contributed by atoms with E-state index in [1.807, 2.05) is 0 Å². The number of rotatable bonds is 6. The van der Waals surface area contributed by atoms with E-state index in [2.05, 4.69) is 0 Å².